The number of nitrogens with zero attached hydrogens (tertiary/aromatic N) is 3. The summed E-state index contributed by atoms with van der Waals surface area (Å²) in [6.45, 7) is 0.567. The van der Waals surface area contributed by atoms with Gasteiger partial charge in [-0.15, -0.1) is 16.4 Å². The van der Waals surface area contributed by atoms with Crippen molar-refractivity contribution in [3.63, 3.8) is 0 Å². The van der Waals surface area contributed by atoms with Crippen molar-refractivity contribution in [1.82, 2.24) is 15.0 Å². The first-order valence-electron chi connectivity index (χ1n) is 5.64. The first kappa shape index (κ1) is 11.1. The lowest BCUT2D eigenvalue weighted by atomic mass is 10.3. The van der Waals surface area contributed by atoms with Gasteiger partial charge in [-0.25, -0.2) is 4.68 Å². The first-order valence-corrected chi connectivity index (χ1v) is 6.45. The van der Waals surface area contributed by atoms with Crippen molar-refractivity contribution >= 4 is 11.3 Å². The molecule has 3 aromatic rings. The Balaban J connectivity index is 2.07. The van der Waals surface area contributed by atoms with Gasteiger partial charge in [0.05, 0.1) is 16.8 Å². The molecule has 0 aliphatic carbocycles. The largest absolute Gasteiger partial charge is 0.326 e. The Morgan fingerprint density at radius 2 is 1.94 bits per heavy atom. The molecule has 18 heavy (non-hydrogen) atoms. The Hall–Kier alpha value is -1.98. The van der Waals surface area contributed by atoms with Gasteiger partial charge in [0.2, 0.25) is 0 Å². The third-order valence-electron chi connectivity index (χ3n) is 2.67. The average molecular weight is 256 g/mol. The summed E-state index contributed by atoms with van der Waals surface area (Å²) in [5, 5.41) is 8.14. The molecule has 0 radical (unpaired) electrons. The summed E-state index contributed by atoms with van der Waals surface area (Å²) in [6, 6.07) is 14.1. The number of para-hydroxylation sites is 1. The summed E-state index contributed by atoms with van der Waals surface area (Å²) in [6.07, 6.45) is 1.78. The minimum atomic E-state index is 0.567. The molecule has 2 heterocycles. The molecule has 0 unspecified atom stereocenters. The molecule has 1 aromatic carbocycles. The number of hydrogen-bond acceptors (Lipinski definition) is 4. The minimum absolute atomic E-state index is 0.567. The van der Waals surface area contributed by atoms with Gasteiger partial charge in [-0.3, -0.25) is 0 Å². The van der Waals surface area contributed by atoms with Crippen LogP contribution in [0, 0.1) is 0 Å². The van der Waals surface area contributed by atoms with Crippen LogP contribution in [0.15, 0.2) is 48.7 Å². The van der Waals surface area contributed by atoms with E-state index < -0.39 is 0 Å². The third-order valence-corrected chi connectivity index (χ3v) is 3.80. The quantitative estimate of drug-likeness (QED) is 0.783. The van der Waals surface area contributed by atoms with Crippen molar-refractivity contribution < 1.29 is 0 Å². The highest BCUT2D eigenvalue weighted by Crippen LogP contribution is 2.28. The first-order chi connectivity index (χ1) is 8.88. The summed E-state index contributed by atoms with van der Waals surface area (Å²) < 4.78 is 1.84. The maximum atomic E-state index is 5.64. The molecule has 0 saturated heterocycles. The SMILES string of the molecule is NCc1ccc(-c2cnnn2-c2ccccc2)s1. The van der Waals surface area contributed by atoms with E-state index in [2.05, 4.69) is 16.4 Å². The smallest absolute Gasteiger partial charge is 0.104 e. The fraction of sp³-hybridized carbons (Fsp3) is 0.0769. The molecule has 0 amide bonds. The van der Waals surface area contributed by atoms with Crippen LogP contribution in [0.1, 0.15) is 4.88 Å². The van der Waals surface area contributed by atoms with Crippen LogP contribution in [0.25, 0.3) is 16.3 Å². The van der Waals surface area contributed by atoms with Crippen molar-refractivity contribution in [1.29, 1.82) is 0 Å². The molecule has 5 heteroatoms. The van der Waals surface area contributed by atoms with E-state index in [1.807, 2.05) is 41.1 Å². The summed E-state index contributed by atoms with van der Waals surface area (Å²) in [4.78, 5) is 2.29. The van der Waals surface area contributed by atoms with Gasteiger partial charge < -0.3 is 5.73 Å². The van der Waals surface area contributed by atoms with Gasteiger partial charge in [-0.2, -0.15) is 0 Å². The summed E-state index contributed by atoms with van der Waals surface area (Å²) in [5.41, 5.74) is 7.64. The predicted molar refractivity (Wildman–Crippen MR) is 72.6 cm³/mol. The van der Waals surface area contributed by atoms with Gasteiger partial charge in [-0.1, -0.05) is 23.4 Å². The average Bonchev–Trinajstić information content (AvgIpc) is 3.08. The molecule has 0 aliphatic rings. The number of hydrogen-bond donors (Lipinski definition) is 1. The van der Waals surface area contributed by atoms with E-state index >= 15 is 0 Å². The van der Waals surface area contributed by atoms with E-state index in [9.17, 15) is 0 Å². The van der Waals surface area contributed by atoms with E-state index in [1.54, 1.807) is 17.5 Å². The molecule has 2 N–H and O–H groups in total. The number of benzene rings is 1. The van der Waals surface area contributed by atoms with E-state index in [0.717, 1.165) is 21.1 Å². The second-order valence-corrected chi connectivity index (χ2v) is 5.01. The maximum absolute atomic E-state index is 5.64. The highest BCUT2D eigenvalue weighted by atomic mass is 32.1. The van der Waals surface area contributed by atoms with Crippen molar-refractivity contribution in [3.05, 3.63) is 53.5 Å². The number of thiophene rings is 1. The number of aromatic nitrogens is 3. The lowest BCUT2D eigenvalue weighted by molar-refractivity contribution is 0.809. The molecule has 90 valence electrons. The van der Waals surface area contributed by atoms with Gasteiger partial charge in [0.25, 0.3) is 0 Å². The monoisotopic (exact) mass is 256 g/mol. The van der Waals surface area contributed by atoms with Gasteiger partial charge in [0.1, 0.15) is 5.69 Å². The Kier molecular flexibility index (Phi) is 2.92. The molecule has 0 aliphatic heterocycles. The predicted octanol–water partition coefficient (Wildman–Crippen LogP) is 2.45. The van der Waals surface area contributed by atoms with Crippen LogP contribution in [0.4, 0.5) is 0 Å². The zero-order valence-electron chi connectivity index (χ0n) is 9.65. The van der Waals surface area contributed by atoms with Crippen LogP contribution in [0.3, 0.4) is 0 Å². The molecule has 0 atom stereocenters. The summed E-state index contributed by atoms with van der Waals surface area (Å²) in [5.74, 6) is 0. The lowest BCUT2D eigenvalue weighted by Gasteiger charge is -2.03. The Labute approximate surface area is 109 Å². The minimum Gasteiger partial charge on any atom is -0.326 e. The zero-order valence-corrected chi connectivity index (χ0v) is 10.5. The van der Waals surface area contributed by atoms with Crippen LogP contribution >= 0.6 is 11.3 Å². The number of nitrogens with two attached hydrogens (primary N) is 1. The van der Waals surface area contributed by atoms with Crippen molar-refractivity contribution in [2.45, 2.75) is 6.54 Å². The number of rotatable bonds is 3. The zero-order chi connectivity index (χ0) is 12.4. The molecule has 3 rings (SSSR count). The van der Waals surface area contributed by atoms with Gasteiger partial charge in [0.15, 0.2) is 0 Å². The molecular weight excluding hydrogens is 244 g/mol. The molecule has 0 saturated carbocycles. The Bertz CT molecular complexity index is 642. The molecule has 4 nitrogen and oxygen atoms in total. The van der Waals surface area contributed by atoms with Crippen molar-refractivity contribution in [2.75, 3.05) is 0 Å². The van der Waals surface area contributed by atoms with Crippen molar-refractivity contribution in [2.24, 2.45) is 5.73 Å². The van der Waals surface area contributed by atoms with Crippen molar-refractivity contribution in [3.8, 4) is 16.3 Å². The van der Waals surface area contributed by atoms with E-state index in [-0.39, 0.29) is 0 Å². The van der Waals surface area contributed by atoms with Crippen LogP contribution in [0.2, 0.25) is 0 Å². The highest BCUT2D eigenvalue weighted by Gasteiger charge is 2.10. The fourth-order valence-electron chi connectivity index (χ4n) is 1.79. The third kappa shape index (κ3) is 1.94. The van der Waals surface area contributed by atoms with Gasteiger partial charge in [-0.05, 0) is 24.3 Å². The maximum Gasteiger partial charge on any atom is 0.104 e. The lowest BCUT2D eigenvalue weighted by Crippen LogP contribution is -1.97. The fourth-order valence-corrected chi connectivity index (χ4v) is 2.67. The van der Waals surface area contributed by atoms with Crippen LogP contribution in [-0.2, 0) is 6.54 Å². The topological polar surface area (TPSA) is 56.7 Å². The summed E-state index contributed by atoms with van der Waals surface area (Å²) >= 11 is 1.67. The Morgan fingerprint density at radius 3 is 2.67 bits per heavy atom. The second kappa shape index (κ2) is 4.72. The molecule has 0 bridgehead atoms. The molecule has 2 aromatic heterocycles. The van der Waals surface area contributed by atoms with E-state index in [4.69, 9.17) is 5.73 Å². The van der Waals surface area contributed by atoms with Gasteiger partial charge >= 0.3 is 0 Å². The van der Waals surface area contributed by atoms with Gasteiger partial charge in [0, 0.05) is 11.4 Å². The van der Waals surface area contributed by atoms with Crippen LogP contribution < -0.4 is 5.73 Å². The molecule has 0 fully saturated rings. The molecule has 0 spiro atoms. The highest BCUT2D eigenvalue weighted by molar-refractivity contribution is 7.15. The van der Waals surface area contributed by atoms with Crippen LogP contribution in [-0.4, -0.2) is 15.0 Å². The van der Waals surface area contributed by atoms with E-state index in [1.165, 1.54) is 0 Å². The van der Waals surface area contributed by atoms with Crippen LogP contribution in [0.5, 0.6) is 0 Å². The standard InChI is InChI=1S/C13H12N4S/c14-8-11-6-7-13(18-11)12-9-15-16-17(12)10-4-2-1-3-5-10/h1-7,9H,8,14H2. The molecular formula is C13H12N4S. The Morgan fingerprint density at radius 1 is 1.11 bits per heavy atom. The second-order valence-electron chi connectivity index (χ2n) is 3.84. The van der Waals surface area contributed by atoms with E-state index in [0.29, 0.717) is 6.54 Å². The summed E-state index contributed by atoms with van der Waals surface area (Å²) in [7, 11) is 0. The normalized spacial score (nSPS) is 10.7.